The number of amides is 1. The van der Waals surface area contributed by atoms with Gasteiger partial charge in [0.05, 0.1) is 18.0 Å². The van der Waals surface area contributed by atoms with Gasteiger partial charge < -0.3 is 10.1 Å². The molecule has 1 aromatic heterocycles. The first kappa shape index (κ1) is 20.3. The monoisotopic (exact) mass is 391 g/mol. The van der Waals surface area contributed by atoms with E-state index in [0.717, 1.165) is 11.1 Å². The van der Waals surface area contributed by atoms with Gasteiger partial charge in [-0.3, -0.25) is 9.59 Å². The fourth-order valence-corrected chi connectivity index (χ4v) is 3.06. The minimum absolute atomic E-state index is 0.310. The molecule has 0 saturated heterocycles. The lowest BCUT2D eigenvalue weighted by Gasteiger charge is -2.18. The molecular formula is C23H25N3O3. The van der Waals surface area contributed by atoms with Gasteiger partial charge >= 0.3 is 0 Å². The van der Waals surface area contributed by atoms with E-state index in [1.54, 1.807) is 18.2 Å². The second-order valence-electron chi connectivity index (χ2n) is 6.71. The summed E-state index contributed by atoms with van der Waals surface area (Å²) in [7, 11) is 0. The van der Waals surface area contributed by atoms with Crippen LogP contribution in [0.15, 0.2) is 65.5 Å². The first-order valence-corrected chi connectivity index (χ1v) is 9.73. The molecule has 6 nitrogen and oxygen atoms in total. The van der Waals surface area contributed by atoms with Crippen molar-refractivity contribution in [1.29, 1.82) is 0 Å². The second kappa shape index (κ2) is 9.19. The minimum Gasteiger partial charge on any atom is -0.492 e. The molecule has 3 aromatic rings. The van der Waals surface area contributed by atoms with Crippen LogP contribution in [0.4, 0.5) is 5.69 Å². The van der Waals surface area contributed by atoms with Crippen LogP contribution in [0.5, 0.6) is 5.75 Å². The van der Waals surface area contributed by atoms with Crippen molar-refractivity contribution in [2.24, 2.45) is 0 Å². The van der Waals surface area contributed by atoms with Crippen LogP contribution in [0, 0.1) is 6.92 Å². The van der Waals surface area contributed by atoms with Gasteiger partial charge in [0.2, 0.25) is 5.91 Å². The number of nitrogens with one attached hydrogen (secondary N) is 1. The number of hydrogen-bond acceptors (Lipinski definition) is 4. The van der Waals surface area contributed by atoms with Crippen molar-refractivity contribution in [2.45, 2.75) is 33.2 Å². The number of benzene rings is 2. The van der Waals surface area contributed by atoms with E-state index in [4.69, 9.17) is 4.74 Å². The van der Waals surface area contributed by atoms with Gasteiger partial charge in [0.1, 0.15) is 11.8 Å². The Bertz CT molecular complexity index is 1040. The Labute approximate surface area is 170 Å². The van der Waals surface area contributed by atoms with Gasteiger partial charge in [-0.2, -0.15) is 5.10 Å². The van der Waals surface area contributed by atoms with Crippen molar-refractivity contribution in [3.05, 3.63) is 76.6 Å². The summed E-state index contributed by atoms with van der Waals surface area (Å²) in [6.45, 7) is 6.23. The summed E-state index contributed by atoms with van der Waals surface area (Å²) in [5, 5.41) is 7.35. The van der Waals surface area contributed by atoms with Gasteiger partial charge in [-0.15, -0.1) is 0 Å². The maximum absolute atomic E-state index is 13.0. The molecule has 2 aromatic carbocycles. The zero-order chi connectivity index (χ0) is 20.8. The van der Waals surface area contributed by atoms with Gasteiger partial charge in [-0.1, -0.05) is 48.9 Å². The highest BCUT2D eigenvalue weighted by Crippen LogP contribution is 2.25. The van der Waals surface area contributed by atoms with E-state index >= 15 is 0 Å². The van der Waals surface area contributed by atoms with Crippen molar-refractivity contribution < 1.29 is 9.53 Å². The number of ether oxygens (including phenoxy) is 1. The lowest BCUT2D eigenvalue weighted by molar-refractivity contribution is -0.119. The SMILES string of the molecule is CCOc1ccccc1NC(=O)C(CC)n1nc(-c2ccc(C)cc2)ccc1=O. The maximum atomic E-state index is 13.0. The predicted octanol–water partition coefficient (Wildman–Crippen LogP) is 4.21. The number of anilines is 1. The van der Waals surface area contributed by atoms with Crippen LogP contribution in [0.25, 0.3) is 11.3 Å². The number of rotatable bonds is 7. The van der Waals surface area contributed by atoms with Crippen LogP contribution >= 0.6 is 0 Å². The minimum atomic E-state index is -0.734. The zero-order valence-electron chi connectivity index (χ0n) is 16.9. The van der Waals surface area contributed by atoms with E-state index in [1.165, 1.54) is 10.7 Å². The van der Waals surface area contributed by atoms with Crippen molar-refractivity contribution in [3.8, 4) is 17.0 Å². The maximum Gasteiger partial charge on any atom is 0.267 e. The summed E-state index contributed by atoms with van der Waals surface area (Å²) in [6.07, 6.45) is 0.424. The third-order valence-corrected chi connectivity index (χ3v) is 4.60. The Morgan fingerprint density at radius 1 is 1.07 bits per heavy atom. The van der Waals surface area contributed by atoms with E-state index < -0.39 is 6.04 Å². The van der Waals surface area contributed by atoms with E-state index in [0.29, 0.717) is 30.2 Å². The van der Waals surface area contributed by atoms with Crippen molar-refractivity contribution in [1.82, 2.24) is 9.78 Å². The van der Waals surface area contributed by atoms with Gasteiger partial charge in [0, 0.05) is 11.6 Å². The van der Waals surface area contributed by atoms with Crippen LogP contribution in [-0.4, -0.2) is 22.3 Å². The van der Waals surface area contributed by atoms with Gasteiger partial charge in [0.25, 0.3) is 5.56 Å². The van der Waals surface area contributed by atoms with E-state index in [9.17, 15) is 9.59 Å². The lowest BCUT2D eigenvalue weighted by atomic mass is 10.1. The largest absolute Gasteiger partial charge is 0.492 e. The number of aromatic nitrogens is 2. The van der Waals surface area contributed by atoms with Crippen LogP contribution in [0.1, 0.15) is 31.9 Å². The van der Waals surface area contributed by atoms with E-state index in [2.05, 4.69) is 10.4 Å². The molecule has 0 radical (unpaired) electrons. The summed E-state index contributed by atoms with van der Waals surface area (Å²) in [4.78, 5) is 25.5. The quantitative estimate of drug-likeness (QED) is 0.655. The highest BCUT2D eigenvalue weighted by Gasteiger charge is 2.22. The fourth-order valence-electron chi connectivity index (χ4n) is 3.06. The second-order valence-corrected chi connectivity index (χ2v) is 6.71. The molecule has 0 aliphatic carbocycles. The summed E-state index contributed by atoms with van der Waals surface area (Å²) >= 11 is 0. The Morgan fingerprint density at radius 3 is 2.48 bits per heavy atom. The molecule has 1 atom stereocenters. The summed E-state index contributed by atoms with van der Waals surface area (Å²) in [5.41, 5.74) is 2.93. The summed E-state index contributed by atoms with van der Waals surface area (Å²) in [5.74, 6) is 0.280. The fraction of sp³-hybridized carbons (Fsp3) is 0.261. The van der Waals surface area contributed by atoms with Crippen LogP contribution < -0.4 is 15.6 Å². The van der Waals surface area contributed by atoms with Crippen molar-refractivity contribution >= 4 is 11.6 Å². The standard InChI is InChI=1S/C23H25N3O3/c1-4-20(23(28)24-19-8-6-7-9-21(19)29-5-2)26-22(27)15-14-18(25-26)17-12-10-16(3)11-13-17/h6-15,20H,4-5H2,1-3H3,(H,24,28). The average molecular weight is 391 g/mol. The topological polar surface area (TPSA) is 73.2 Å². The molecule has 150 valence electrons. The molecule has 1 amide bonds. The molecule has 0 spiro atoms. The van der Waals surface area contributed by atoms with Crippen LogP contribution in [-0.2, 0) is 4.79 Å². The molecule has 0 aliphatic rings. The number of nitrogens with zero attached hydrogens (tertiary/aromatic N) is 2. The Kier molecular flexibility index (Phi) is 6.44. The van der Waals surface area contributed by atoms with Gasteiger partial charge in [0.15, 0.2) is 0 Å². The summed E-state index contributed by atoms with van der Waals surface area (Å²) in [6, 6.07) is 17.5. The van der Waals surface area contributed by atoms with Gasteiger partial charge in [-0.05, 0) is 38.5 Å². The molecular weight excluding hydrogens is 366 g/mol. The first-order chi connectivity index (χ1) is 14.0. The molecule has 1 heterocycles. The highest BCUT2D eigenvalue weighted by molar-refractivity contribution is 5.95. The van der Waals surface area contributed by atoms with Crippen LogP contribution in [0.3, 0.4) is 0 Å². The summed E-state index contributed by atoms with van der Waals surface area (Å²) < 4.78 is 6.83. The Hall–Kier alpha value is -3.41. The highest BCUT2D eigenvalue weighted by atomic mass is 16.5. The molecule has 6 heteroatoms. The predicted molar refractivity (Wildman–Crippen MR) is 114 cm³/mol. The normalized spacial score (nSPS) is 11.7. The third kappa shape index (κ3) is 4.71. The molecule has 0 aliphatic heterocycles. The molecule has 29 heavy (non-hydrogen) atoms. The number of hydrogen-bond donors (Lipinski definition) is 1. The van der Waals surface area contributed by atoms with Crippen molar-refractivity contribution in [2.75, 3.05) is 11.9 Å². The molecule has 1 unspecified atom stereocenters. The lowest BCUT2D eigenvalue weighted by Crippen LogP contribution is -2.34. The van der Waals surface area contributed by atoms with E-state index in [1.807, 2.05) is 57.2 Å². The van der Waals surface area contributed by atoms with Crippen LogP contribution in [0.2, 0.25) is 0 Å². The van der Waals surface area contributed by atoms with E-state index in [-0.39, 0.29) is 11.5 Å². The molecule has 0 fully saturated rings. The number of para-hydroxylation sites is 2. The first-order valence-electron chi connectivity index (χ1n) is 9.73. The van der Waals surface area contributed by atoms with Gasteiger partial charge in [-0.25, -0.2) is 4.68 Å². The average Bonchev–Trinajstić information content (AvgIpc) is 2.72. The Balaban J connectivity index is 1.91. The smallest absolute Gasteiger partial charge is 0.267 e. The molecule has 1 N–H and O–H groups in total. The number of carbonyl (C=O) groups excluding carboxylic acids is 1. The number of carbonyl (C=O) groups is 1. The Morgan fingerprint density at radius 2 is 1.79 bits per heavy atom. The zero-order valence-corrected chi connectivity index (χ0v) is 16.9. The molecule has 3 rings (SSSR count). The molecule has 0 bridgehead atoms. The molecule has 0 saturated carbocycles. The number of aryl methyl sites for hydroxylation is 1. The third-order valence-electron chi connectivity index (χ3n) is 4.60. The van der Waals surface area contributed by atoms with Crippen molar-refractivity contribution in [3.63, 3.8) is 0 Å².